The highest BCUT2D eigenvalue weighted by Crippen LogP contribution is 2.61. The van der Waals surface area contributed by atoms with Gasteiger partial charge in [0.25, 0.3) is 5.92 Å². The smallest absolute Gasteiger partial charge is 0.354 e. The van der Waals surface area contributed by atoms with Gasteiger partial charge in [0.05, 0.1) is 13.1 Å². The summed E-state index contributed by atoms with van der Waals surface area (Å²) in [5.74, 6) is -11.2. The van der Waals surface area contributed by atoms with E-state index in [-0.39, 0.29) is 74.0 Å². The molecule has 0 spiro atoms. The second-order valence-corrected chi connectivity index (χ2v) is 20.5. The van der Waals surface area contributed by atoms with Crippen LogP contribution in [-0.4, -0.2) is 155 Å². The molecular formula is C46H60Cl2F7N7O7. The van der Waals surface area contributed by atoms with Gasteiger partial charge < -0.3 is 35.6 Å². The lowest BCUT2D eigenvalue weighted by atomic mass is 9.64. The predicted octanol–water partition coefficient (Wildman–Crippen LogP) is 5.55. The van der Waals surface area contributed by atoms with Gasteiger partial charge in [-0.1, -0.05) is 44.0 Å². The molecule has 3 heterocycles. The van der Waals surface area contributed by atoms with E-state index in [1.165, 1.54) is 30.1 Å². The number of nitrogens with one attached hydrogen (secondary N) is 3. The quantitative estimate of drug-likeness (QED) is 0.231. The molecule has 6 rings (SSSR count). The molecule has 0 radical (unpaired) electrons. The molecule has 8 atom stereocenters. The van der Waals surface area contributed by atoms with Gasteiger partial charge in [0, 0.05) is 62.3 Å². The summed E-state index contributed by atoms with van der Waals surface area (Å²) < 4.78 is 101. The second-order valence-electron chi connectivity index (χ2n) is 19.7. The molecule has 1 aromatic carbocycles. The number of rotatable bonds is 12. The first-order valence-corrected chi connectivity index (χ1v) is 24.3. The number of carbonyl (C=O) groups excluding carboxylic acids is 7. The number of amides is 7. The van der Waals surface area contributed by atoms with Crippen molar-refractivity contribution in [1.29, 1.82) is 0 Å². The molecule has 2 saturated carbocycles. The number of carbonyl (C=O) groups is 7. The average molecular weight is 1030 g/mol. The van der Waals surface area contributed by atoms with Crippen LogP contribution >= 0.6 is 23.2 Å². The van der Waals surface area contributed by atoms with Crippen molar-refractivity contribution in [2.45, 2.75) is 159 Å². The van der Waals surface area contributed by atoms with Crippen molar-refractivity contribution in [3.8, 4) is 0 Å². The second kappa shape index (κ2) is 21.5. The van der Waals surface area contributed by atoms with Crippen molar-refractivity contribution in [1.82, 2.24) is 35.6 Å². The van der Waals surface area contributed by atoms with Crippen LogP contribution in [0, 0.1) is 17.3 Å². The fourth-order valence-electron chi connectivity index (χ4n) is 10.1. The number of hydrogen-bond acceptors (Lipinski definition) is 7. The van der Waals surface area contributed by atoms with E-state index < -0.39 is 146 Å². The Hall–Kier alpha value is -4.40. The van der Waals surface area contributed by atoms with E-state index in [0.717, 1.165) is 9.80 Å². The summed E-state index contributed by atoms with van der Waals surface area (Å²) in [7, 11) is 1.34. The summed E-state index contributed by atoms with van der Waals surface area (Å²) in [4.78, 5) is 104. The van der Waals surface area contributed by atoms with Gasteiger partial charge in [0.2, 0.25) is 41.4 Å². The molecule has 0 bridgehead atoms. The number of hydrogen-bond donors (Lipinski definition) is 3. The Morgan fingerprint density at radius 3 is 2.22 bits per heavy atom. The minimum Gasteiger partial charge on any atom is -0.354 e. The van der Waals surface area contributed by atoms with Crippen LogP contribution < -0.4 is 16.0 Å². The number of benzene rings is 1. The summed E-state index contributed by atoms with van der Waals surface area (Å²) in [6, 6.07) is -3.94. The van der Waals surface area contributed by atoms with Crippen molar-refractivity contribution in [2.24, 2.45) is 17.3 Å². The van der Waals surface area contributed by atoms with E-state index in [1.54, 1.807) is 20.8 Å². The minimum atomic E-state index is -5.43. The SMILES string of the molecule is CCCN(C(=O)[C@@H](NC(=O)[C@@H]1C[C@@H](F)CN1C(=O)C1(C(F)(F)F)CC(F)(F)C1)C1CC1)[C@H]1CCCCNC(=O)[C@H]2C[C@@H](F)CN2C(=O)[C@H](Cc2cc(Cl)ccc2Cl)N(C)C(=O)[C@H](CC(C)C)NC1=O. The van der Waals surface area contributed by atoms with Gasteiger partial charge >= 0.3 is 6.18 Å². The number of alkyl halides is 7. The minimum absolute atomic E-state index is 0.0283. The third-order valence-electron chi connectivity index (χ3n) is 13.9. The number of fused-ring (bicyclic) bond motifs is 1. The fourth-order valence-corrected chi connectivity index (χ4v) is 10.5. The molecule has 14 nitrogen and oxygen atoms in total. The van der Waals surface area contributed by atoms with Gasteiger partial charge in [-0.15, -0.1) is 0 Å². The van der Waals surface area contributed by atoms with Crippen LogP contribution in [0.15, 0.2) is 18.2 Å². The standard InChI is InChI=1S/C46H60Cl2F7N7O7/c1-5-14-60(42(68)36(25-9-10-25)58-39(65)34-19-29(50)21-62(34)43(69)44(46(53,54)55)22-45(51,52)23-44)32-8-6-7-13-56-37(63)33-18-28(49)20-61(33)41(67)35(17-26-16-27(47)11-12-30(26)48)59(4)40(66)31(15-24(2)3)57-38(32)64/h11-12,16,24-25,28-29,31-36H,5-10,13-15,17-23H2,1-4H3,(H,56,63)(H,57,64)(H,58,65)/t28-,29-,31+,32+,33-,34+,35+,36+/m1/s1. The molecule has 5 fully saturated rings. The molecule has 3 aliphatic heterocycles. The van der Waals surface area contributed by atoms with Crippen LogP contribution in [-0.2, 0) is 40.0 Å². The first-order valence-electron chi connectivity index (χ1n) is 23.5. The zero-order valence-electron chi connectivity index (χ0n) is 38.9. The summed E-state index contributed by atoms with van der Waals surface area (Å²) in [5, 5.41) is 8.59. The molecule has 3 saturated heterocycles. The van der Waals surface area contributed by atoms with Gasteiger partial charge in [0.15, 0.2) is 5.41 Å². The Bertz CT molecular complexity index is 2130. The molecule has 0 unspecified atom stereocenters. The lowest BCUT2D eigenvalue weighted by molar-refractivity contribution is -0.299. The molecule has 0 aromatic heterocycles. The van der Waals surface area contributed by atoms with Gasteiger partial charge in [-0.2, -0.15) is 13.2 Å². The van der Waals surface area contributed by atoms with Crippen molar-refractivity contribution in [3.63, 3.8) is 0 Å². The summed E-state index contributed by atoms with van der Waals surface area (Å²) in [6.07, 6.45) is -12.4. The number of halogens is 9. The number of likely N-dealkylation sites (tertiary alicyclic amines) is 1. The van der Waals surface area contributed by atoms with Crippen molar-refractivity contribution in [3.05, 3.63) is 33.8 Å². The first-order chi connectivity index (χ1) is 32.3. The Kier molecular flexibility index (Phi) is 16.8. The Morgan fingerprint density at radius 1 is 0.942 bits per heavy atom. The fraction of sp³-hybridized carbons (Fsp3) is 0.717. The van der Waals surface area contributed by atoms with Crippen LogP contribution in [0.25, 0.3) is 0 Å². The third kappa shape index (κ3) is 12.0. The van der Waals surface area contributed by atoms with Crippen molar-refractivity contribution < 1.29 is 64.3 Å². The lowest BCUT2D eigenvalue weighted by Crippen LogP contribution is -2.65. The van der Waals surface area contributed by atoms with E-state index in [0.29, 0.717) is 23.3 Å². The number of likely N-dealkylation sites (N-methyl/N-ethyl adjacent to an activating group) is 1. The zero-order valence-corrected chi connectivity index (χ0v) is 40.4. The average Bonchev–Trinajstić information content (AvgIpc) is 3.91. The van der Waals surface area contributed by atoms with E-state index in [4.69, 9.17) is 23.2 Å². The van der Waals surface area contributed by atoms with Crippen LogP contribution in [0.3, 0.4) is 0 Å². The monoisotopic (exact) mass is 1030 g/mol. The topological polar surface area (TPSA) is 169 Å². The Balaban J connectivity index is 1.30. The maximum Gasteiger partial charge on any atom is 0.403 e. The van der Waals surface area contributed by atoms with E-state index in [9.17, 15) is 59.9 Å². The normalized spacial score (nSPS) is 28.4. The van der Waals surface area contributed by atoms with Crippen molar-refractivity contribution in [2.75, 3.05) is 33.2 Å². The molecule has 23 heteroatoms. The molecular weight excluding hydrogens is 966 g/mol. The largest absolute Gasteiger partial charge is 0.403 e. The van der Waals surface area contributed by atoms with Gasteiger partial charge in [-0.3, -0.25) is 33.6 Å². The highest BCUT2D eigenvalue weighted by atomic mass is 35.5. The van der Waals surface area contributed by atoms with E-state index >= 15 is 4.39 Å². The molecule has 2 aliphatic carbocycles. The molecule has 5 aliphatic rings. The molecule has 384 valence electrons. The van der Waals surface area contributed by atoms with E-state index in [2.05, 4.69) is 16.0 Å². The Labute approximate surface area is 406 Å². The maximum absolute atomic E-state index is 15.1. The highest BCUT2D eigenvalue weighted by molar-refractivity contribution is 6.33. The molecule has 69 heavy (non-hydrogen) atoms. The van der Waals surface area contributed by atoms with Gasteiger partial charge in [-0.25, -0.2) is 17.6 Å². The zero-order chi connectivity index (χ0) is 50.9. The predicted molar refractivity (Wildman–Crippen MR) is 238 cm³/mol. The van der Waals surface area contributed by atoms with Crippen LogP contribution in [0.5, 0.6) is 0 Å². The Morgan fingerprint density at radius 2 is 1.61 bits per heavy atom. The third-order valence-corrected chi connectivity index (χ3v) is 14.5. The summed E-state index contributed by atoms with van der Waals surface area (Å²) in [5.41, 5.74) is -3.16. The number of nitrogens with zero attached hydrogens (tertiary/aromatic N) is 4. The van der Waals surface area contributed by atoms with Gasteiger partial charge in [-0.05, 0) is 80.5 Å². The molecule has 3 N–H and O–H groups in total. The molecule has 1 aromatic rings. The van der Waals surface area contributed by atoms with E-state index in [1.807, 2.05) is 0 Å². The van der Waals surface area contributed by atoms with Crippen LogP contribution in [0.4, 0.5) is 30.7 Å². The van der Waals surface area contributed by atoms with Gasteiger partial charge in [0.1, 0.15) is 48.6 Å². The van der Waals surface area contributed by atoms with Crippen LogP contribution in [0.2, 0.25) is 10.0 Å². The molecule has 7 amide bonds. The summed E-state index contributed by atoms with van der Waals surface area (Å²) >= 11 is 12.8. The van der Waals surface area contributed by atoms with Crippen molar-refractivity contribution >= 4 is 64.6 Å². The van der Waals surface area contributed by atoms with Crippen LogP contribution in [0.1, 0.15) is 97.0 Å². The maximum atomic E-state index is 15.1. The summed E-state index contributed by atoms with van der Waals surface area (Å²) in [6.45, 7) is 3.89. The first kappa shape index (κ1) is 53.9. The highest BCUT2D eigenvalue weighted by Gasteiger charge is 2.75. The lowest BCUT2D eigenvalue weighted by Gasteiger charge is -2.48.